The van der Waals surface area contributed by atoms with E-state index >= 15 is 0 Å². The van der Waals surface area contributed by atoms with E-state index in [9.17, 15) is 13.2 Å². The number of nitrogens with one attached hydrogen (secondary N) is 1. The topological polar surface area (TPSA) is 12.0 Å². The van der Waals surface area contributed by atoms with Gasteiger partial charge in [-0.1, -0.05) is 6.42 Å². The van der Waals surface area contributed by atoms with Gasteiger partial charge < -0.3 is 5.32 Å². The van der Waals surface area contributed by atoms with E-state index in [1.807, 2.05) is 0 Å². The maximum atomic E-state index is 13.4. The molecule has 2 rings (SSSR count). The molecule has 1 aliphatic heterocycles. The molecule has 0 atom stereocenters. The lowest BCUT2D eigenvalue weighted by molar-refractivity contribution is 0.345. The second-order valence-electron chi connectivity index (χ2n) is 4.93. The molecule has 108 valence electrons. The Hall–Kier alpha value is -0.740. The number of rotatable bonds is 4. The molecular weight excluding hydrogens is 275 g/mol. The van der Waals surface area contributed by atoms with Crippen molar-refractivity contribution in [3.05, 3.63) is 35.1 Å². The summed E-state index contributed by atoms with van der Waals surface area (Å²) in [6.07, 6.45) is 4.35. The van der Waals surface area contributed by atoms with Crippen molar-refractivity contribution in [3.8, 4) is 0 Å². The molecule has 1 aromatic rings. The molecule has 1 aromatic carbocycles. The zero-order chi connectivity index (χ0) is 13.0. The average molecular weight is 294 g/mol. The van der Waals surface area contributed by atoms with Crippen molar-refractivity contribution < 1.29 is 13.2 Å². The first-order valence-electron chi connectivity index (χ1n) is 6.51. The van der Waals surface area contributed by atoms with Crippen LogP contribution in [0.25, 0.3) is 0 Å². The zero-order valence-corrected chi connectivity index (χ0v) is 11.5. The molecule has 0 aliphatic carbocycles. The third-order valence-electron chi connectivity index (χ3n) is 3.60. The van der Waals surface area contributed by atoms with Crippen molar-refractivity contribution >= 4 is 12.4 Å². The van der Waals surface area contributed by atoms with Crippen LogP contribution in [0.15, 0.2) is 12.1 Å². The van der Waals surface area contributed by atoms with E-state index in [4.69, 9.17) is 0 Å². The van der Waals surface area contributed by atoms with Crippen molar-refractivity contribution in [2.75, 3.05) is 13.1 Å². The molecule has 1 N–H and O–H groups in total. The summed E-state index contributed by atoms with van der Waals surface area (Å²) in [6.45, 7) is 2.06. The van der Waals surface area contributed by atoms with Crippen LogP contribution in [0.4, 0.5) is 13.2 Å². The van der Waals surface area contributed by atoms with Crippen molar-refractivity contribution in [1.82, 2.24) is 5.32 Å². The van der Waals surface area contributed by atoms with Crippen LogP contribution in [0, 0.1) is 23.4 Å². The number of hydrogen-bond acceptors (Lipinski definition) is 1. The SMILES string of the molecule is Cl.Fc1cc(F)c(CCCC2CCNCC2)c(F)c1. The van der Waals surface area contributed by atoms with E-state index in [-0.39, 0.29) is 18.0 Å². The molecule has 0 spiro atoms. The Morgan fingerprint density at radius 1 is 1.05 bits per heavy atom. The highest BCUT2D eigenvalue weighted by atomic mass is 35.5. The highest BCUT2D eigenvalue weighted by Crippen LogP contribution is 2.21. The second-order valence-corrected chi connectivity index (χ2v) is 4.93. The van der Waals surface area contributed by atoms with Crippen molar-refractivity contribution in [1.29, 1.82) is 0 Å². The monoisotopic (exact) mass is 293 g/mol. The molecule has 19 heavy (non-hydrogen) atoms. The third kappa shape index (κ3) is 4.69. The van der Waals surface area contributed by atoms with Crippen LogP contribution < -0.4 is 5.32 Å². The van der Waals surface area contributed by atoms with Crippen LogP contribution >= 0.6 is 12.4 Å². The van der Waals surface area contributed by atoms with Gasteiger partial charge in [-0.3, -0.25) is 0 Å². The molecule has 0 unspecified atom stereocenters. The van der Waals surface area contributed by atoms with Gasteiger partial charge in [-0.05, 0) is 44.7 Å². The number of hydrogen-bond donors (Lipinski definition) is 1. The summed E-state index contributed by atoms with van der Waals surface area (Å²) >= 11 is 0. The Labute approximate surface area is 118 Å². The average Bonchev–Trinajstić information content (AvgIpc) is 2.34. The Morgan fingerprint density at radius 3 is 2.21 bits per heavy atom. The van der Waals surface area contributed by atoms with Crippen molar-refractivity contribution in [3.63, 3.8) is 0 Å². The molecule has 0 aromatic heterocycles. The molecule has 0 saturated carbocycles. The van der Waals surface area contributed by atoms with Crippen LogP contribution in [0.5, 0.6) is 0 Å². The minimum absolute atomic E-state index is 0. The number of benzene rings is 1. The molecule has 1 heterocycles. The summed E-state index contributed by atoms with van der Waals surface area (Å²) in [4.78, 5) is 0. The van der Waals surface area contributed by atoms with Crippen LogP contribution in [0.2, 0.25) is 0 Å². The summed E-state index contributed by atoms with van der Waals surface area (Å²) in [7, 11) is 0. The summed E-state index contributed by atoms with van der Waals surface area (Å²) in [6, 6.07) is 1.51. The lowest BCUT2D eigenvalue weighted by Crippen LogP contribution is -2.27. The summed E-state index contributed by atoms with van der Waals surface area (Å²) < 4.78 is 39.5. The van der Waals surface area contributed by atoms with E-state index in [1.54, 1.807) is 0 Å². The molecular formula is C14H19ClF3N. The lowest BCUT2D eigenvalue weighted by atomic mass is 9.91. The lowest BCUT2D eigenvalue weighted by Gasteiger charge is -2.22. The van der Waals surface area contributed by atoms with Crippen molar-refractivity contribution in [2.24, 2.45) is 5.92 Å². The highest BCUT2D eigenvalue weighted by molar-refractivity contribution is 5.85. The molecule has 1 nitrogen and oxygen atoms in total. The Bertz CT molecular complexity index is 383. The fourth-order valence-electron chi connectivity index (χ4n) is 2.55. The fourth-order valence-corrected chi connectivity index (χ4v) is 2.55. The quantitative estimate of drug-likeness (QED) is 0.889. The minimum atomic E-state index is -0.855. The van der Waals surface area contributed by atoms with E-state index in [2.05, 4.69) is 5.32 Å². The Kier molecular flexibility index (Phi) is 6.66. The predicted octanol–water partition coefficient (Wildman–Crippen LogP) is 3.85. The first kappa shape index (κ1) is 16.3. The van der Waals surface area contributed by atoms with E-state index < -0.39 is 17.5 Å². The normalized spacial score (nSPS) is 16.2. The van der Waals surface area contributed by atoms with Gasteiger partial charge in [0.25, 0.3) is 0 Å². The van der Waals surface area contributed by atoms with E-state index in [0.717, 1.165) is 50.9 Å². The summed E-state index contributed by atoms with van der Waals surface area (Å²) in [5.41, 5.74) is 0.0188. The van der Waals surface area contributed by atoms with Crippen LogP contribution in [-0.2, 0) is 6.42 Å². The molecule has 1 fully saturated rings. The van der Waals surface area contributed by atoms with Gasteiger partial charge in [0.15, 0.2) is 0 Å². The second kappa shape index (κ2) is 7.75. The Morgan fingerprint density at radius 2 is 1.63 bits per heavy atom. The molecule has 0 amide bonds. The standard InChI is InChI=1S/C14H18F3N.ClH/c15-11-8-13(16)12(14(17)9-11)3-1-2-10-4-6-18-7-5-10;/h8-10,18H,1-7H2;1H. The molecule has 0 bridgehead atoms. The number of halogens is 4. The zero-order valence-electron chi connectivity index (χ0n) is 10.7. The molecule has 1 aliphatic rings. The third-order valence-corrected chi connectivity index (χ3v) is 3.60. The van der Waals surface area contributed by atoms with Gasteiger partial charge in [0.05, 0.1) is 0 Å². The Balaban J connectivity index is 0.00000180. The van der Waals surface area contributed by atoms with E-state index in [0.29, 0.717) is 12.3 Å². The summed E-state index contributed by atoms with van der Waals surface area (Å²) in [5.74, 6) is -1.74. The first-order valence-corrected chi connectivity index (χ1v) is 6.51. The van der Waals surface area contributed by atoms with Gasteiger partial charge in [-0.25, -0.2) is 13.2 Å². The van der Waals surface area contributed by atoms with Crippen LogP contribution in [0.1, 0.15) is 31.2 Å². The minimum Gasteiger partial charge on any atom is -0.317 e. The smallest absolute Gasteiger partial charge is 0.132 e. The van der Waals surface area contributed by atoms with Gasteiger partial charge in [0, 0.05) is 17.7 Å². The fraction of sp³-hybridized carbons (Fsp3) is 0.571. The van der Waals surface area contributed by atoms with Gasteiger partial charge in [-0.15, -0.1) is 12.4 Å². The van der Waals surface area contributed by atoms with Gasteiger partial charge in [-0.2, -0.15) is 0 Å². The first-order chi connectivity index (χ1) is 8.66. The van der Waals surface area contributed by atoms with Gasteiger partial charge >= 0.3 is 0 Å². The molecule has 1 saturated heterocycles. The summed E-state index contributed by atoms with van der Waals surface area (Å²) in [5, 5.41) is 3.29. The molecule has 5 heteroatoms. The maximum absolute atomic E-state index is 13.4. The number of piperidine rings is 1. The predicted molar refractivity (Wildman–Crippen MR) is 72.1 cm³/mol. The van der Waals surface area contributed by atoms with Crippen LogP contribution in [-0.4, -0.2) is 13.1 Å². The highest BCUT2D eigenvalue weighted by Gasteiger charge is 2.15. The van der Waals surface area contributed by atoms with Crippen molar-refractivity contribution in [2.45, 2.75) is 32.1 Å². The van der Waals surface area contributed by atoms with Crippen LogP contribution in [0.3, 0.4) is 0 Å². The largest absolute Gasteiger partial charge is 0.317 e. The van der Waals surface area contributed by atoms with Gasteiger partial charge in [0.1, 0.15) is 17.5 Å². The van der Waals surface area contributed by atoms with E-state index in [1.165, 1.54) is 0 Å². The molecule has 0 radical (unpaired) electrons. The van der Waals surface area contributed by atoms with Gasteiger partial charge in [0.2, 0.25) is 0 Å². The maximum Gasteiger partial charge on any atom is 0.132 e.